The molecule has 0 saturated carbocycles. The Morgan fingerprint density at radius 3 is 2.62 bits per heavy atom. The van der Waals surface area contributed by atoms with Crippen molar-refractivity contribution >= 4 is 50.6 Å². The zero-order valence-electron chi connectivity index (χ0n) is 6.80. The fourth-order valence-electron chi connectivity index (χ4n) is 0.949. The molecule has 0 saturated heterocycles. The first-order valence-corrected chi connectivity index (χ1v) is 5.39. The van der Waals surface area contributed by atoms with Crippen LogP contribution in [0.2, 0.25) is 0 Å². The number of hydrogen-bond acceptors (Lipinski definition) is 2. The number of carbonyl (C=O) groups is 2. The average molecular weight is 353 g/mol. The van der Waals surface area contributed by atoms with Crippen molar-refractivity contribution in [1.82, 2.24) is 0 Å². The monoisotopic (exact) mass is 352 g/mol. The maximum atomic E-state index is 11.1. The standard InChI is InChI=1S/C9H6BrIO2/c1-5(13)6-2-3-8(10)7(4-12)9(6)11/h2-4H,1H3. The van der Waals surface area contributed by atoms with E-state index in [1.807, 2.05) is 22.6 Å². The quantitative estimate of drug-likeness (QED) is 0.465. The smallest absolute Gasteiger partial charge is 0.160 e. The van der Waals surface area contributed by atoms with Crippen LogP contribution in [0.5, 0.6) is 0 Å². The first kappa shape index (κ1) is 10.8. The summed E-state index contributed by atoms with van der Waals surface area (Å²) in [6.45, 7) is 1.49. The highest BCUT2D eigenvalue weighted by molar-refractivity contribution is 14.1. The lowest BCUT2D eigenvalue weighted by molar-refractivity contribution is 0.101. The van der Waals surface area contributed by atoms with E-state index in [1.165, 1.54) is 6.92 Å². The second-order valence-electron chi connectivity index (χ2n) is 2.50. The highest BCUT2D eigenvalue weighted by Crippen LogP contribution is 2.24. The van der Waals surface area contributed by atoms with E-state index in [4.69, 9.17) is 0 Å². The van der Waals surface area contributed by atoms with Crippen LogP contribution < -0.4 is 0 Å². The second kappa shape index (κ2) is 4.32. The lowest BCUT2D eigenvalue weighted by Crippen LogP contribution is -2.00. The number of aldehydes is 1. The third-order valence-corrected chi connectivity index (χ3v) is 3.48. The normalized spacial score (nSPS) is 9.77. The molecule has 0 radical (unpaired) electrons. The minimum Gasteiger partial charge on any atom is -0.298 e. The third kappa shape index (κ3) is 2.17. The van der Waals surface area contributed by atoms with E-state index in [9.17, 15) is 9.59 Å². The molecule has 1 aromatic rings. The number of rotatable bonds is 2. The summed E-state index contributed by atoms with van der Waals surface area (Å²) in [5, 5.41) is 0. The molecule has 2 nitrogen and oxygen atoms in total. The van der Waals surface area contributed by atoms with Crippen LogP contribution in [0.3, 0.4) is 0 Å². The second-order valence-corrected chi connectivity index (χ2v) is 4.43. The minimum atomic E-state index is -0.0278. The minimum absolute atomic E-state index is 0.0278. The van der Waals surface area contributed by atoms with Gasteiger partial charge in [-0.05, 0) is 41.6 Å². The molecular weight excluding hydrogens is 347 g/mol. The molecule has 0 unspecified atom stereocenters. The molecule has 1 aromatic carbocycles. The van der Waals surface area contributed by atoms with E-state index in [1.54, 1.807) is 12.1 Å². The van der Waals surface area contributed by atoms with Gasteiger partial charge in [0.2, 0.25) is 0 Å². The molecule has 0 heterocycles. The molecule has 68 valence electrons. The summed E-state index contributed by atoms with van der Waals surface area (Å²) in [5.41, 5.74) is 1.12. The van der Waals surface area contributed by atoms with E-state index in [-0.39, 0.29) is 5.78 Å². The van der Waals surface area contributed by atoms with Gasteiger partial charge in [-0.2, -0.15) is 0 Å². The molecule has 0 bridgehead atoms. The van der Waals surface area contributed by atoms with E-state index in [0.29, 0.717) is 14.7 Å². The van der Waals surface area contributed by atoms with Crippen molar-refractivity contribution in [2.24, 2.45) is 0 Å². The zero-order chi connectivity index (χ0) is 10.0. The molecule has 0 fully saturated rings. The Bertz CT molecular complexity index is 374. The van der Waals surface area contributed by atoms with E-state index >= 15 is 0 Å². The van der Waals surface area contributed by atoms with Gasteiger partial charge in [0, 0.05) is 19.2 Å². The highest BCUT2D eigenvalue weighted by Gasteiger charge is 2.11. The SMILES string of the molecule is CC(=O)c1ccc(Br)c(C=O)c1I. The van der Waals surface area contributed by atoms with Gasteiger partial charge < -0.3 is 0 Å². The number of carbonyl (C=O) groups excluding carboxylic acids is 2. The predicted molar refractivity (Wildman–Crippen MR) is 62.3 cm³/mol. The van der Waals surface area contributed by atoms with Crippen molar-refractivity contribution in [3.05, 3.63) is 31.3 Å². The van der Waals surface area contributed by atoms with Crippen molar-refractivity contribution in [1.29, 1.82) is 0 Å². The van der Waals surface area contributed by atoms with Gasteiger partial charge in [-0.25, -0.2) is 0 Å². The maximum Gasteiger partial charge on any atom is 0.160 e. The first-order chi connectivity index (χ1) is 6.07. The maximum absolute atomic E-state index is 11.1. The fourth-order valence-corrected chi connectivity index (χ4v) is 2.72. The third-order valence-electron chi connectivity index (χ3n) is 1.62. The van der Waals surface area contributed by atoms with Gasteiger partial charge >= 0.3 is 0 Å². The summed E-state index contributed by atoms with van der Waals surface area (Å²) in [5.74, 6) is -0.0278. The highest BCUT2D eigenvalue weighted by atomic mass is 127. The molecule has 13 heavy (non-hydrogen) atoms. The Hall–Kier alpha value is -0.230. The molecule has 1 rings (SSSR count). The van der Waals surface area contributed by atoms with Gasteiger partial charge in [0.25, 0.3) is 0 Å². The van der Waals surface area contributed by atoms with Crippen LogP contribution in [-0.4, -0.2) is 12.1 Å². The van der Waals surface area contributed by atoms with Crippen LogP contribution in [0.4, 0.5) is 0 Å². The van der Waals surface area contributed by atoms with Gasteiger partial charge in [-0.3, -0.25) is 9.59 Å². The zero-order valence-corrected chi connectivity index (χ0v) is 10.5. The fraction of sp³-hybridized carbons (Fsp3) is 0.111. The Morgan fingerprint density at radius 1 is 1.54 bits per heavy atom. The van der Waals surface area contributed by atoms with Gasteiger partial charge in [0.05, 0.1) is 0 Å². The van der Waals surface area contributed by atoms with Crippen molar-refractivity contribution in [2.45, 2.75) is 6.92 Å². The van der Waals surface area contributed by atoms with Gasteiger partial charge in [0.15, 0.2) is 12.1 Å². The molecule has 0 spiro atoms. The van der Waals surface area contributed by atoms with Crippen LogP contribution in [0.1, 0.15) is 27.6 Å². The average Bonchev–Trinajstić information content (AvgIpc) is 2.04. The summed E-state index contributed by atoms with van der Waals surface area (Å²) in [7, 11) is 0. The number of ketones is 1. The lowest BCUT2D eigenvalue weighted by Gasteiger charge is -2.04. The Balaban J connectivity index is 3.44. The Morgan fingerprint density at radius 2 is 2.15 bits per heavy atom. The van der Waals surface area contributed by atoms with Crippen LogP contribution in [0.15, 0.2) is 16.6 Å². The number of Topliss-reactive ketones (excluding diaryl/α,β-unsaturated/α-hetero) is 1. The molecule has 0 atom stereocenters. The van der Waals surface area contributed by atoms with Gasteiger partial charge in [-0.15, -0.1) is 0 Å². The molecule has 0 aromatic heterocycles. The van der Waals surface area contributed by atoms with Crippen LogP contribution in [0.25, 0.3) is 0 Å². The molecular formula is C9H6BrIO2. The molecule has 0 N–H and O–H groups in total. The van der Waals surface area contributed by atoms with Crippen molar-refractivity contribution in [3.8, 4) is 0 Å². The van der Waals surface area contributed by atoms with Crippen LogP contribution >= 0.6 is 38.5 Å². The van der Waals surface area contributed by atoms with E-state index in [2.05, 4.69) is 15.9 Å². The Labute approximate surface area is 98.0 Å². The summed E-state index contributed by atoms with van der Waals surface area (Å²) in [6, 6.07) is 3.42. The van der Waals surface area contributed by atoms with Gasteiger partial charge in [0.1, 0.15) is 0 Å². The predicted octanol–water partition coefficient (Wildman–Crippen LogP) is 3.07. The molecule has 0 aliphatic heterocycles. The molecule has 0 aliphatic rings. The Kier molecular flexibility index (Phi) is 3.61. The number of benzene rings is 1. The van der Waals surface area contributed by atoms with Crippen molar-refractivity contribution in [3.63, 3.8) is 0 Å². The largest absolute Gasteiger partial charge is 0.298 e. The summed E-state index contributed by atoms with van der Waals surface area (Å²) in [4.78, 5) is 21.8. The first-order valence-electron chi connectivity index (χ1n) is 3.52. The van der Waals surface area contributed by atoms with Crippen molar-refractivity contribution < 1.29 is 9.59 Å². The van der Waals surface area contributed by atoms with Crippen LogP contribution in [0, 0.1) is 3.57 Å². The molecule has 0 amide bonds. The van der Waals surface area contributed by atoms with Gasteiger partial charge in [-0.1, -0.05) is 15.9 Å². The molecule has 0 aliphatic carbocycles. The summed E-state index contributed by atoms with van der Waals surface area (Å²) in [6.07, 6.45) is 0.748. The summed E-state index contributed by atoms with van der Waals surface area (Å²) < 4.78 is 1.42. The summed E-state index contributed by atoms with van der Waals surface area (Å²) >= 11 is 5.24. The van der Waals surface area contributed by atoms with Crippen molar-refractivity contribution in [2.75, 3.05) is 0 Å². The van der Waals surface area contributed by atoms with Crippen LogP contribution in [-0.2, 0) is 0 Å². The van der Waals surface area contributed by atoms with E-state index in [0.717, 1.165) is 10.8 Å². The number of hydrogen-bond donors (Lipinski definition) is 0. The topological polar surface area (TPSA) is 34.1 Å². The molecule has 4 heteroatoms. The number of halogens is 2. The van der Waals surface area contributed by atoms with E-state index < -0.39 is 0 Å². The lowest BCUT2D eigenvalue weighted by atomic mass is 10.1.